The van der Waals surface area contributed by atoms with Crippen molar-refractivity contribution in [3.05, 3.63) is 59.2 Å². The first-order valence-electron chi connectivity index (χ1n) is 7.80. The molecule has 6 heteroatoms. The Morgan fingerprint density at radius 3 is 2.80 bits per heavy atom. The number of nitrogens with one attached hydrogen (secondary N) is 2. The quantitative estimate of drug-likeness (QED) is 0.718. The van der Waals surface area contributed by atoms with E-state index >= 15 is 0 Å². The van der Waals surface area contributed by atoms with E-state index < -0.39 is 0 Å². The summed E-state index contributed by atoms with van der Waals surface area (Å²) in [7, 11) is 1.56. The van der Waals surface area contributed by atoms with Crippen LogP contribution in [0.1, 0.15) is 5.56 Å². The molecule has 0 unspecified atom stereocenters. The van der Waals surface area contributed by atoms with Crippen LogP contribution in [0, 0.1) is 6.92 Å². The van der Waals surface area contributed by atoms with Crippen LogP contribution in [0.3, 0.4) is 0 Å². The summed E-state index contributed by atoms with van der Waals surface area (Å²) < 4.78 is 5.30. The summed E-state index contributed by atoms with van der Waals surface area (Å²) in [6.45, 7) is 2.00. The minimum atomic E-state index is -0.173. The number of carbonyl (C=O) groups excluding carboxylic acids is 1. The first kappa shape index (κ1) is 17.0. The minimum Gasteiger partial charge on any atom is -0.495 e. The van der Waals surface area contributed by atoms with Crippen LogP contribution in [0.15, 0.2) is 48.7 Å². The van der Waals surface area contributed by atoms with Gasteiger partial charge >= 0.3 is 0 Å². The molecule has 5 nitrogen and oxygen atoms in total. The average Bonchev–Trinajstić information content (AvgIpc) is 2.62. The molecule has 0 spiro atoms. The van der Waals surface area contributed by atoms with Gasteiger partial charge in [0.1, 0.15) is 5.75 Å². The maximum Gasteiger partial charge on any atom is 0.243 e. The highest BCUT2D eigenvalue weighted by Crippen LogP contribution is 2.30. The smallest absolute Gasteiger partial charge is 0.243 e. The molecule has 128 valence electrons. The Kier molecular flexibility index (Phi) is 5.05. The SMILES string of the molecule is COc1cc(Cl)c(C)cc1NCC(=O)Nc1cccc2cccnc12. The van der Waals surface area contributed by atoms with E-state index in [1.54, 1.807) is 19.4 Å². The molecule has 25 heavy (non-hydrogen) atoms. The Hall–Kier alpha value is -2.79. The fourth-order valence-electron chi connectivity index (χ4n) is 2.55. The van der Waals surface area contributed by atoms with Crippen LogP contribution in [0.5, 0.6) is 5.75 Å². The summed E-state index contributed by atoms with van der Waals surface area (Å²) in [6.07, 6.45) is 1.71. The number of benzene rings is 2. The van der Waals surface area contributed by atoms with Crippen molar-refractivity contribution in [2.75, 3.05) is 24.3 Å². The van der Waals surface area contributed by atoms with E-state index in [4.69, 9.17) is 16.3 Å². The van der Waals surface area contributed by atoms with Gasteiger partial charge in [-0.15, -0.1) is 0 Å². The second-order valence-electron chi connectivity index (χ2n) is 5.58. The zero-order valence-electron chi connectivity index (χ0n) is 14.0. The molecule has 0 aliphatic heterocycles. The summed E-state index contributed by atoms with van der Waals surface area (Å²) in [5.74, 6) is 0.419. The third-order valence-corrected chi connectivity index (χ3v) is 4.23. The Morgan fingerprint density at radius 1 is 1.20 bits per heavy atom. The van der Waals surface area contributed by atoms with Crippen molar-refractivity contribution < 1.29 is 9.53 Å². The van der Waals surface area contributed by atoms with E-state index in [1.807, 2.05) is 43.3 Å². The number of amides is 1. The van der Waals surface area contributed by atoms with Gasteiger partial charge < -0.3 is 15.4 Å². The lowest BCUT2D eigenvalue weighted by molar-refractivity contribution is -0.114. The second kappa shape index (κ2) is 7.40. The molecule has 0 saturated heterocycles. The lowest BCUT2D eigenvalue weighted by Gasteiger charge is -2.13. The molecule has 0 saturated carbocycles. The number of rotatable bonds is 5. The first-order chi connectivity index (χ1) is 12.1. The Morgan fingerprint density at radius 2 is 2.00 bits per heavy atom. The number of hydrogen-bond donors (Lipinski definition) is 2. The fraction of sp³-hybridized carbons (Fsp3) is 0.158. The van der Waals surface area contributed by atoms with Gasteiger partial charge in [-0.1, -0.05) is 29.8 Å². The number of anilines is 2. The number of pyridine rings is 1. The van der Waals surface area contributed by atoms with Gasteiger partial charge in [-0.25, -0.2) is 0 Å². The molecule has 2 aromatic carbocycles. The van der Waals surface area contributed by atoms with Crippen molar-refractivity contribution in [2.24, 2.45) is 0 Å². The molecule has 1 amide bonds. The molecule has 0 fully saturated rings. The van der Waals surface area contributed by atoms with Crippen LogP contribution in [0.4, 0.5) is 11.4 Å². The number of methoxy groups -OCH3 is 1. The predicted octanol–water partition coefficient (Wildman–Crippen LogP) is 4.26. The van der Waals surface area contributed by atoms with Crippen molar-refractivity contribution in [3.63, 3.8) is 0 Å². The lowest BCUT2D eigenvalue weighted by Crippen LogP contribution is -2.22. The van der Waals surface area contributed by atoms with Gasteiger partial charge in [0.25, 0.3) is 0 Å². The molecular weight excluding hydrogens is 338 g/mol. The van der Waals surface area contributed by atoms with Crippen LogP contribution in [0.2, 0.25) is 5.02 Å². The monoisotopic (exact) mass is 355 g/mol. The highest BCUT2D eigenvalue weighted by atomic mass is 35.5. The topological polar surface area (TPSA) is 63.2 Å². The van der Waals surface area contributed by atoms with Crippen molar-refractivity contribution in [1.29, 1.82) is 0 Å². The van der Waals surface area contributed by atoms with E-state index in [0.29, 0.717) is 16.5 Å². The predicted molar refractivity (Wildman–Crippen MR) is 102 cm³/mol. The summed E-state index contributed by atoms with van der Waals surface area (Å²) in [5, 5.41) is 7.57. The van der Waals surface area contributed by atoms with Gasteiger partial charge in [0.15, 0.2) is 0 Å². The van der Waals surface area contributed by atoms with Crippen LogP contribution < -0.4 is 15.4 Å². The number of ether oxygens (including phenoxy) is 1. The molecule has 0 aliphatic rings. The van der Waals surface area contributed by atoms with E-state index in [9.17, 15) is 4.79 Å². The van der Waals surface area contributed by atoms with Crippen LogP contribution in [0.25, 0.3) is 10.9 Å². The van der Waals surface area contributed by atoms with E-state index in [2.05, 4.69) is 15.6 Å². The number of fused-ring (bicyclic) bond motifs is 1. The van der Waals surface area contributed by atoms with Crippen LogP contribution in [-0.2, 0) is 4.79 Å². The standard InChI is InChI=1S/C19H18ClN3O2/c1-12-9-16(17(25-2)10-14(12)20)22-11-18(24)23-15-7-3-5-13-6-4-8-21-19(13)15/h3-10,22H,11H2,1-2H3,(H,23,24). The highest BCUT2D eigenvalue weighted by Gasteiger charge is 2.10. The van der Waals surface area contributed by atoms with Crippen LogP contribution in [-0.4, -0.2) is 24.5 Å². The molecule has 3 aromatic rings. The largest absolute Gasteiger partial charge is 0.495 e. The normalized spacial score (nSPS) is 10.5. The number of aryl methyl sites for hydroxylation is 1. The van der Waals surface area contributed by atoms with E-state index in [0.717, 1.165) is 22.2 Å². The van der Waals surface area contributed by atoms with Crippen molar-refractivity contribution in [2.45, 2.75) is 6.92 Å². The number of aromatic nitrogens is 1. The Bertz CT molecular complexity index is 922. The summed E-state index contributed by atoms with van der Waals surface area (Å²) >= 11 is 6.10. The van der Waals surface area contributed by atoms with Crippen LogP contribution >= 0.6 is 11.6 Å². The number of carbonyl (C=O) groups is 1. The maximum absolute atomic E-state index is 12.3. The highest BCUT2D eigenvalue weighted by molar-refractivity contribution is 6.31. The summed E-state index contributed by atoms with van der Waals surface area (Å²) in [5.41, 5.74) is 3.07. The second-order valence-corrected chi connectivity index (χ2v) is 5.99. The summed E-state index contributed by atoms with van der Waals surface area (Å²) in [6, 6.07) is 13.1. The first-order valence-corrected chi connectivity index (χ1v) is 8.18. The molecule has 2 N–H and O–H groups in total. The van der Waals surface area contributed by atoms with Gasteiger partial charge in [0, 0.05) is 22.7 Å². The molecule has 0 aliphatic carbocycles. The minimum absolute atomic E-state index is 0.0979. The van der Waals surface area contributed by atoms with Crippen molar-refractivity contribution in [3.8, 4) is 5.75 Å². The zero-order chi connectivity index (χ0) is 17.8. The van der Waals surface area contributed by atoms with Crippen molar-refractivity contribution in [1.82, 2.24) is 4.98 Å². The fourth-order valence-corrected chi connectivity index (χ4v) is 2.70. The summed E-state index contributed by atoms with van der Waals surface area (Å²) in [4.78, 5) is 16.6. The number of nitrogens with zero attached hydrogens (tertiary/aromatic N) is 1. The maximum atomic E-state index is 12.3. The van der Waals surface area contributed by atoms with Gasteiger partial charge in [-0.2, -0.15) is 0 Å². The van der Waals surface area contributed by atoms with E-state index in [1.165, 1.54) is 0 Å². The molecular formula is C19H18ClN3O2. The molecule has 1 heterocycles. The number of hydrogen-bond acceptors (Lipinski definition) is 4. The number of para-hydroxylation sites is 1. The molecule has 1 aromatic heterocycles. The zero-order valence-corrected chi connectivity index (χ0v) is 14.7. The molecule has 0 bridgehead atoms. The lowest BCUT2D eigenvalue weighted by atomic mass is 10.2. The Labute approximate surface area is 151 Å². The van der Waals surface area contributed by atoms with Crippen molar-refractivity contribution >= 4 is 39.8 Å². The third-order valence-electron chi connectivity index (χ3n) is 3.83. The average molecular weight is 356 g/mol. The number of halogens is 1. The molecule has 3 rings (SSSR count). The third kappa shape index (κ3) is 3.83. The van der Waals surface area contributed by atoms with E-state index in [-0.39, 0.29) is 12.5 Å². The van der Waals surface area contributed by atoms with Gasteiger partial charge in [0.05, 0.1) is 30.5 Å². The molecule has 0 atom stereocenters. The van der Waals surface area contributed by atoms with Gasteiger partial charge in [0.2, 0.25) is 5.91 Å². The Balaban J connectivity index is 1.72. The molecule has 0 radical (unpaired) electrons. The van der Waals surface area contributed by atoms with Gasteiger partial charge in [-0.3, -0.25) is 9.78 Å². The van der Waals surface area contributed by atoms with Gasteiger partial charge in [-0.05, 0) is 30.7 Å².